The van der Waals surface area contributed by atoms with E-state index in [-0.39, 0.29) is 11.9 Å². The maximum absolute atomic E-state index is 13.1. The average Bonchev–Trinajstić information content (AvgIpc) is 3.24. The molecular formula is C17H21N5O2S. The number of amides is 2. The summed E-state index contributed by atoms with van der Waals surface area (Å²) in [6.45, 7) is 6.53. The van der Waals surface area contributed by atoms with Crippen LogP contribution < -0.4 is 11.3 Å². The monoisotopic (exact) mass is 359 g/mol. The highest BCUT2D eigenvalue weighted by atomic mass is 32.1. The molecule has 1 fully saturated rings. The first-order valence-electron chi connectivity index (χ1n) is 8.02. The summed E-state index contributed by atoms with van der Waals surface area (Å²) in [6, 6.07) is -0.0137. The number of nitrogens with two attached hydrogens (primary N) is 1. The van der Waals surface area contributed by atoms with Crippen LogP contribution in [0.15, 0.2) is 41.1 Å². The number of aromatic nitrogens is 1. The van der Waals surface area contributed by atoms with Crippen molar-refractivity contribution in [1.29, 1.82) is 0 Å². The smallest absolute Gasteiger partial charge is 0.281 e. The summed E-state index contributed by atoms with van der Waals surface area (Å²) >= 11 is 1.58. The van der Waals surface area contributed by atoms with Gasteiger partial charge in [0.05, 0.1) is 6.04 Å². The molecule has 25 heavy (non-hydrogen) atoms. The summed E-state index contributed by atoms with van der Waals surface area (Å²) in [7, 11) is 1.71. The molecule has 1 saturated heterocycles. The molecule has 0 bridgehead atoms. The van der Waals surface area contributed by atoms with Crippen molar-refractivity contribution >= 4 is 23.2 Å². The van der Waals surface area contributed by atoms with E-state index in [0.717, 1.165) is 23.5 Å². The van der Waals surface area contributed by atoms with E-state index in [1.54, 1.807) is 35.4 Å². The molecule has 2 aliphatic heterocycles. The number of aryl methyl sites for hydroxylation is 1. The minimum Gasteiger partial charge on any atom is -0.341 e. The molecule has 2 aliphatic rings. The van der Waals surface area contributed by atoms with Gasteiger partial charge in [0.2, 0.25) is 0 Å². The molecular weight excluding hydrogens is 338 g/mol. The van der Waals surface area contributed by atoms with Gasteiger partial charge in [-0.15, -0.1) is 11.3 Å². The topological polar surface area (TPSA) is 91.6 Å². The van der Waals surface area contributed by atoms with Gasteiger partial charge < -0.3 is 9.80 Å². The van der Waals surface area contributed by atoms with E-state index >= 15 is 0 Å². The van der Waals surface area contributed by atoms with Gasteiger partial charge in [0, 0.05) is 35.9 Å². The van der Waals surface area contributed by atoms with E-state index < -0.39 is 5.91 Å². The van der Waals surface area contributed by atoms with Crippen molar-refractivity contribution in [3.63, 3.8) is 0 Å². The highest BCUT2D eigenvalue weighted by Gasteiger charge is 2.34. The number of rotatable bonds is 3. The summed E-state index contributed by atoms with van der Waals surface area (Å²) in [6.07, 6.45) is 5.08. The van der Waals surface area contributed by atoms with Crippen molar-refractivity contribution in [1.82, 2.24) is 20.2 Å². The van der Waals surface area contributed by atoms with Gasteiger partial charge in [-0.2, -0.15) is 0 Å². The largest absolute Gasteiger partial charge is 0.341 e. The number of hydrogen-bond donors (Lipinski definition) is 2. The minimum atomic E-state index is -0.462. The van der Waals surface area contributed by atoms with Crippen LogP contribution in [0.3, 0.4) is 0 Å². The third-order valence-corrected chi connectivity index (χ3v) is 5.52. The van der Waals surface area contributed by atoms with Crippen LogP contribution in [0.25, 0.3) is 0 Å². The lowest BCUT2D eigenvalue weighted by Crippen LogP contribution is -2.39. The zero-order valence-electron chi connectivity index (χ0n) is 14.3. The van der Waals surface area contributed by atoms with Crippen LogP contribution in [0, 0.1) is 6.92 Å². The number of allylic oxidation sites excluding steroid dienone is 1. The molecule has 0 saturated carbocycles. The summed E-state index contributed by atoms with van der Waals surface area (Å²) in [5, 5.41) is 2.95. The van der Waals surface area contributed by atoms with E-state index in [2.05, 4.69) is 17.0 Å². The first-order valence-corrected chi connectivity index (χ1v) is 8.90. The number of nitrogens with zero attached hydrogens (tertiary/aromatic N) is 3. The van der Waals surface area contributed by atoms with E-state index in [1.807, 2.05) is 17.2 Å². The second-order valence-electron chi connectivity index (χ2n) is 6.14. The van der Waals surface area contributed by atoms with Crippen molar-refractivity contribution in [2.75, 3.05) is 13.6 Å². The van der Waals surface area contributed by atoms with Gasteiger partial charge >= 0.3 is 0 Å². The molecule has 1 atom stereocenters. The van der Waals surface area contributed by atoms with Crippen LogP contribution in [0.1, 0.15) is 29.6 Å². The summed E-state index contributed by atoms with van der Waals surface area (Å²) < 4.78 is 0. The Morgan fingerprint density at radius 1 is 1.44 bits per heavy atom. The van der Waals surface area contributed by atoms with E-state index in [0.29, 0.717) is 23.5 Å². The lowest BCUT2D eigenvalue weighted by Gasteiger charge is -2.29. The fourth-order valence-corrected chi connectivity index (χ4v) is 4.03. The Kier molecular flexibility index (Phi) is 4.73. The molecule has 7 nitrogen and oxygen atoms in total. The number of carbonyl (C=O) groups excluding carboxylic acids is 2. The van der Waals surface area contributed by atoms with Crippen LogP contribution in [-0.2, 0) is 9.59 Å². The quantitative estimate of drug-likeness (QED) is 0.483. The highest BCUT2D eigenvalue weighted by molar-refractivity contribution is 7.09. The number of likely N-dealkylation sites (tertiary alicyclic amines) is 1. The fraction of sp³-hybridized carbons (Fsp3) is 0.353. The van der Waals surface area contributed by atoms with Gasteiger partial charge in [-0.05, 0) is 31.9 Å². The molecule has 1 aromatic heterocycles. The number of hydrazine groups is 1. The summed E-state index contributed by atoms with van der Waals surface area (Å²) in [5.74, 6) is 4.66. The molecule has 1 unspecified atom stereocenters. The van der Waals surface area contributed by atoms with Gasteiger partial charge in [0.25, 0.3) is 11.8 Å². The van der Waals surface area contributed by atoms with E-state index in [9.17, 15) is 9.59 Å². The van der Waals surface area contributed by atoms with Crippen molar-refractivity contribution < 1.29 is 9.59 Å². The molecule has 132 valence electrons. The third kappa shape index (κ3) is 3.22. The van der Waals surface area contributed by atoms with Gasteiger partial charge in [0.1, 0.15) is 10.7 Å². The van der Waals surface area contributed by atoms with Gasteiger partial charge in [-0.1, -0.05) is 6.58 Å². The zero-order chi connectivity index (χ0) is 18.1. The van der Waals surface area contributed by atoms with Crippen LogP contribution in [0.2, 0.25) is 0 Å². The first-order chi connectivity index (χ1) is 11.9. The SMILES string of the molecule is C=C1C=C(C(=O)N2CCCC2c2nc(C)cs2)C=C(C(=O)NN)N1C. The normalized spacial score (nSPS) is 20.4. The molecule has 0 spiro atoms. The maximum Gasteiger partial charge on any atom is 0.281 e. The molecule has 8 heteroatoms. The molecule has 1 aromatic rings. The van der Waals surface area contributed by atoms with Crippen molar-refractivity contribution in [2.45, 2.75) is 25.8 Å². The third-order valence-electron chi connectivity index (χ3n) is 4.45. The average molecular weight is 359 g/mol. The Morgan fingerprint density at radius 2 is 2.20 bits per heavy atom. The lowest BCUT2D eigenvalue weighted by molar-refractivity contribution is -0.127. The molecule has 0 radical (unpaired) electrons. The zero-order valence-corrected chi connectivity index (χ0v) is 15.1. The Balaban J connectivity index is 1.89. The number of thiazole rings is 1. The minimum absolute atomic E-state index is 0.0137. The van der Waals surface area contributed by atoms with Crippen LogP contribution in [-0.4, -0.2) is 40.2 Å². The van der Waals surface area contributed by atoms with E-state index in [1.165, 1.54) is 0 Å². The second-order valence-corrected chi connectivity index (χ2v) is 7.03. The number of carbonyl (C=O) groups is 2. The molecule has 0 aliphatic carbocycles. The molecule has 3 rings (SSSR count). The summed E-state index contributed by atoms with van der Waals surface area (Å²) in [5.41, 5.74) is 4.35. The Labute approximate surface area is 150 Å². The van der Waals surface area contributed by atoms with Crippen LogP contribution >= 0.6 is 11.3 Å². The predicted molar refractivity (Wildman–Crippen MR) is 95.9 cm³/mol. The van der Waals surface area contributed by atoms with E-state index in [4.69, 9.17) is 5.84 Å². The number of likely N-dealkylation sites (N-methyl/N-ethyl adjacent to an activating group) is 1. The number of nitrogens with one attached hydrogen (secondary N) is 1. The predicted octanol–water partition coefficient (Wildman–Crippen LogP) is 1.37. The van der Waals surface area contributed by atoms with Gasteiger partial charge in [-0.25, -0.2) is 10.8 Å². The standard InChI is InChI=1S/C17H21N5O2S/c1-10-9-25-16(19-10)13-5-4-6-22(13)17(24)12-7-11(2)21(3)14(8-12)15(23)20-18/h7-9,13H,2,4-6,18H2,1,3H3,(H,20,23). The van der Waals surface area contributed by atoms with Gasteiger partial charge in [-0.3, -0.25) is 15.0 Å². The Bertz CT molecular complexity index is 795. The molecule has 3 N–H and O–H groups in total. The Morgan fingerprint density at radius 3 is 2.84 bits per heavy atom. The first kappa shape index (κ1) is 17.4. The van der Waals surface area contributed by atoms with Crippen molar-refractivity contribution in [2.24, 2.45) is 5.84 Å². The van der Waals surface area contributed by atoms with Crippen molar-refractivity contribution in [3.05, 3.63) is 51.8 Å². The Hall–Kier alpha value is -2.45. The summed E-state index contributed by atoms with van der Waals surface area (Å²) in [4.78, 5) is 33.0. The second kappa shape index (κ2) is 6.81. The number of hydrogen-bond acceptors (Lipinski definition) is 6. The molecule has 3 heterocycles. The lowest BCUT2D eigenvalue weighted by atomic mass is 10.1. The maximum atomic E-state index is 13.1. The van der Waals surface area contributed by atoms with Crippen molar-refractivity contribution in [3.8, 4) is 0 Å². The fourth-order valence-electron chi connectivity index (χ4n) is 3.09. The van der Waals surface area contributed by atoms with Crippen LogP contribution in [0.5, 0.6) is 0 Å². The van der Waals surface area contributed by atoms with Gasteiger partial charge in [0.15, 0.2) is 0 Å². The highest BCUT2D eigenvalue weighted by Crippen LogP contribution is 2.35. The molecule has 0 aromatic carbocycles. The molecule has 2 amide bonds. The van der Waals surface area contributed by atoms with Crippen LogP contribution in [0.4, 0.5) is 0 Å².